The predicted molar refractivity (Wildman–Crippen MR) is 505 cm³/mol. The predicted octanol–water partition coefficient (Wildman–Crippen LogP) is 18.5. The molecule has 132 heavy (non-hydrogen) atoms. The van der Waals surface area contributed by atoms with E-state index in [1.54, 1.807) is 21.1 Å². The number of benzene rings is 6. The number of carboxylic acid groups (broad SMARTS) is 1. The molecule has 0 aliphatic carbocycles. The number of aromatic nitrogens is 4. The molecule has 8 aromatic rings. The molecule has 10 heterocycles. The number of carbonyl (C=O) groups is 8. The number of methoxy groups -OCH3 is 5. The lowest BCUT2D eigenvalue weighted by Gasteiger charge is -2.33. The Morgan fingerprint density at radius 1 is 0.500 bits per heavy atom. The average molecular weight is 1820 g/mol. The molecule has 8 aliphatic rings. The number of imidazole rings is 2. The highest BCUT2D eigenvalue weighted by atomic mass is 16.6. The quantitative estimate of drug-likeness (QED) is 0.0343. The van der Waals surface area contributed by atoms with Crippen LogP contribution in [-0.2, 0) is 73.6 Å². The van der Waals surface area contributed by atoms with E-state index in [9.17, 15) is 38.4 Å². The highest BCUT2D eigenvalue weighted by Gasteiger charge is 2.47. The lowest BCUT2D eigenvalue weighted by Crippen LogP contribution is -2.54. The van der Waals surface area contributed by atoms with Crippen molar-refractivity contribution < 1.29 is 86.1 Å². The average Bonchev–Trinajstić information content (AvgIpc) is 1.32. The monoisotopic (exact) mass is 1810 g/mol. The van der Waals surface area contributed by atoms with Crippen LogP contribution in [0.2, 0.25) is 0 Å². The van der Waals surface area contributed by atoms with Gasteiger partial charge in [-0.25, -0.2) is 38.7 Å². The molecule has 4 saturated heterocycles. The molecule has 0 saturated carbocycles. The first-order valence-electron chi connectivity index (χ1n) is 45.9. The number of H-pyrrole nitrogens is 2. The normalized spacial score (nSPS) is 21.0. The summed E-state index contributed by atoms with van der Waals surface area (Å²) >= 11 is 0. The first kappa shape index (κ1) is 97.4. The zero-order valence-corrected chi connectivity index (χ0v) is 78.8. The molecule has 0 unspecified atom stereocenters. The first-order chi connectivity index (χ1) is 62.5. The lowest BCUT2D eigenvalue weighted by molar-refractivity contribution is -0.141. The van der Waals surface area contributed by atoms with Crippen molar-refractivity contribution in [2.24, 2.45) is 39.6 Å². The van der Waals surface area contributed by atoms with Gasteiger partial charge in [-0.05, 0) is 226 Å². The van der Waals surface area contributed by atoms with Gasteiger partial charge in [0.1, 0.15) is 65.7 Å². The number of aliphatic carboxylic acids is 1. The molecular formula is C101H131N13O18. The van der Waals surface area contributed by atoms with Gasteiger partial charge in [0, 0.05) is 86.6 Å². The number of hydrogen-bond donors (Lipinski definition) is 6. The number of ether oxygens (including phenoxy) is 9. The number of aliphatic imine (C=N–C) groups is 2. The number of nitrogens with zero attached hydrogens (tertiary/aromatic N) is 8. The number of rotatable bonds is 22. The summed E-state index contributed by atoms with van der Waals surface area (Å²) in [4.78, 5) is 135. The fourth-order valence-corrected chi connectivity index (χ4v) is 19.5. The summed E-state index contributed by atoms with van der Waals surface area (Å²) < 4.78 is 49.6. The number of amides is 7. The number of carboxylic acids is 1. The van der Waals surface area contributed by atoms with Crippen LogP contribution in [0.4, 0.5) is 35.3 Å². The van der Waals surface area contributed by atoms with Crippen LogP contribution in [0.5, 0.6) is 11.5 Å². The third-order valence-corrected chi connectivity index (χ3v) is 26.9. The van der Waals surface area contributed by atoms with Crippen molar-refractivity contribution in [1.82, 2.24) is 55.5 Å². The van der Waals surface area contributed by atoms with Crippen LogP contribution < -0.4 is 25.4 Å². The van der Waals surface area contributed by atoms with Gasteiger partial charge in [-0.3, -0.25) is 29.4 Å². The molecule has 4 fully saturated rings. The molecule has 7 amide bonds. The van der Waals surface area contributed by atoms with Crippen LogP contribution in [0.1, 0.15) is 208 Å². The molecular weight excluding hydrogens is 1680 g/mol. The molecule has 2 aromatic heterocycles. The van der Waals surface area contributed by atoms with Crippen molar-refractivity contribution in [3.05, 3.63) is 131 Å². The van der Waals surface area contributed by atoms with E-state index < -0.39 is 53.6 Å². The van der Waals surface area contributed by atoms with E-state index in [-0.39, 0.29) is 97.3 Å². The zero-order valence-electron chi connectivity index (χ0n) is 78.8. The Hall–Kier alpha value is -12.1. The fourth-order valence-electron chi connectivity index (χ4n) is 19.5. The van der Waals surface area contributed by atoms with E-state index in [4.69, 9.17) is 63.0 Å². The Balaban J connectivity index is 0.000000198. The van der Waals surface area contributed by atoms with E-state index >= 15 is 0 Å². The van der Waals surface area contributed by atoms with E-state index in [1.165, 1.54) is 21.3 Å². The second-order valence-electron chi connectivity index (χ2n) is 38.1. The Morgan fingerprint density at radius 2 is 0.909 bits per heavy atom. The molecule has 0 radical (unpaired) electrons. The standard InChI is InChI=1S/C49H61N7O8.C43H51N5O6.C8H15NO4.CH4/c1-9-26(3)43(53-48(59)62-7)46(57)55-23-29(24-61-6)17-41(55)38-20-35-34-21-42-36(19-30(34)13-15-37(35)51-38)33-14-12-31(18-32(33)25-64-42)39-22-50-45(52-39)40-16-11-28(5)56(40)47(58)44(27(4)10-2)54-49(60)63-8;1-24-9-14-36(48(24)41(50)54-43(5,6)7)39-44-20-35(46-39)27-10-12-29-28(16-27)23-52-38-19-30-26(17-32(29)38)11-13-33-31(30)18-34(45-33)37-15-25(22-51-8)21-47(37)40(49)53-42(2,3)4;1-4-5(2)6(7(10)11)9-8(12)13-3;/h12-15,18-19,21-22,26-29,40-41,43-44H,9-11,16-17,20,23-25H2,1-8H3,(H,50,52)(H,53,59)(H,54,60);10-13,16-17,19-20,24-25,36-37H,9,14-15,18,21-23H2,1-8H3,(H,44,46);5-6H,4H2,1-3H3,(H,9,12)(H,10,11);1H4/t26-,27-,28-,29-,40-,41-,43-,44-;24-,25-,36-,37-;5-,6-;/m000./s1. The van der Waals surface area contributed by atoms with E-state index in [1.807, 2.05) is 115 Å². The van der Waals surface area contributed by atoms with Gasteiger partial charge in [-0.2, -0.15) is 0 Å². The van der Waals surface area contributed by atoms with Crippen LogP contribution in [0.15, 0.2) is 107 Å². The lowest BCUT2D eigenvalue weighted by atomic mass is 9.90. The second-order valence-corrected chi connectivity index (χ2v) is 38.1. The Kier molecular flexibility index (Phi) is 30.2. The summed E-state index contributed by atoms with van der Waals surface area (Å²) in [7, 11) is 7.19. The molecule has 708 valence electrons. The minimum atomic E-state index is -1.04. The van der Waals surface area contributed by atoms with Crippen LogP contribution in [0, 0.1) is 29.6 Å². The minimum Gasteiger partial charge on any atom is -0.488 e. The molecule has 16 rings (SSSR count). The minimum absolute atomic E-state index is 0. The van der Waals surface area contributed by atoms with Crippen LogP contribution in [0.3, 0.4) is 0 Å². The zero-order chi connectivity index (χ0) is 93.9. The van der Waals surface area contributed by atoms with Crippen molar-refractivity contribution in [3.63, 3.8) is 0 Å². The highest BCUT2D eigenvalue weighted by molar-refractivity contribution is 6.08. The largest absolute Gasteiger partial charge is 0.488 e. The number of fused-ring (bicyclic) bond motifs is 12. The third kappa shape index (κ3) is 20.9. The van der Waals surface area contributed by atoms with E-state index in [2.05, 4.69) is 123 Å². The first-order valence-corrected chi connectivity index (χ1v) is 45.9. The van der Waals surface area contributed by atoms with Gasteiger partial charge in [-0.15, -0.1) is 0 Å². The Bertz CT molecular complexity index is 5690. The van der Waals surface area contributed by atoms with Gasteiger partial charge < -0.3 is 83.5 Å². The van der Waals surface area contributed by atoms with Crippen LogP contribution >= 0.6 is 0 Å². The molecule has 6 N–H and O–H groups in total. The van der Waals surface area contributed by atoms with E-state index in [0.29, 0.717) is 71.0 Å². The maximum Gasteiger partial charge on any atom is 0.411 e. The Morgan fingerprint density at radius 3 is 1.34 bits per heavy atom. The molecule has 8 aliphatic heterocycles. The van der Waals surface area contributed by atoms with Crippen molar-refractivity contribution in [2.75, 3.05) is 61.9 Å². The topological polar surface area (TPSA) is 371 Å². The van der Waals surface area contributed by atoms with Gasteiger partial charge in [0.25, 0.3) is 0 Å². The SMILES string of the molecule is C.CC[C@H](C)[C@H](NC(=O)OC)C(=O)N1C[C@@H](COC)C[C@H]1C1=Nc2ccc3cc4c(cc3c2C1)OCc1cc(-c2cnc([C@@H]3CC[C@H](C)N3C(=O)[C@@H](NC(=O)OC)[C@@H](C)CC)[nH]2)ccc1-4.CC[C@H](C)[C@H](NC(=O)OC)C(=O)O.COC[C@H]1C[C@@H](C2=Nc3ccc4cc5c(cc4c3C2)OCc2cc(-c3cnc([C@@H]4CC[C@H](C)N4C(=O)OC(C)(C)C)[nH]3)ccc2-5)N(C(=O)OC(C)(C)C)C1. The summed E-state index contributed by atoms with van der Waals surface area (Å²) in [5.41, 5.74) is 15.0. The Labute approximate surface area is 772 Å². The number of aromatic amines is 2. The number of carbonyl (C=O) groups excluding carboxylic acids is 7. The van der Waals surface area contributed by atoms with Crippen LogP contribution in [0.25, 0.3) is 66.3 Å². The van der Waals surface area contributed by atoms with Gasteiger partial charge in [0.05, 0.1) is 93.9 Å². The molecule has 14 atom stereocenters. The maximum atomic E-state index is 14.3. The third-order valence-electron chi connectivity index (χ3n) is 26.9. The van der Waals surface area contributed by atoms with E-state index in [0.717, 1.165) is 174 Å². The summed E-state index contributed by atoms with van der Waals surface area (Å²) in [6.45, 7) is 30.1. The van der Waals surface area contributed by atoms with Crippen molar-refractivity contribution in [2.45, 2.75) is 254 Å². The van der Waals surface area contributed by atoms with Gasteiger partial charge in [-0.1, -0.05) is 105 Å². The summed E-state index contributed by atoms with van der Waals surface area (Å²) in [6.07, 6.45) is 9.30. The van der Waals surface area contributed by atoms with Gasteiger partial charge >= 0.3 is 36.4 Å². The summed E-state index contributed by atoms with van der Waals surface area (Å²) in [6, 6.07) is 26.9. The van der Waals surface area contributed by atoms with Crippen LogP contribution in [-0.4, -0.2) is 220 Å². The van der Waals surface area contributed by atoms with Crippen molar-refractivity contribution in [3.8, 4) is 56.3 Å². The number of alkyl carbamates (subject to hydrolysis) is 3. The number of likely N-dealkylation sites (tertiary alicyclic amines) is 4. The smallest absolute Gasteiger partial charge is 0.411 e. The highest BCUT2D eigenvalue weighted by Crippen LogP contribution is 2.49. The number of hydrogen-bond acceptors (Lipinski definition) is 21. The molecule has 6 aromatic carbocycles. The molecule has 0 bridgehead atoms. The summed E-state index contributed by atoms with van der Waals surface area (Å²) in [5.74, 6) is 1.90. The maximum absolute atomic E-state index is 14.3. The van der Waals surface area contributed by atoms with Gasteiger partial charge in [0.2, 0.25) is 11.8 Å². The molecule has 31 heteroatoms. The molecule has 31 nitrogen and oxygen atoms in total. The fraction of sp³-hybridized carbons (Fsp3) is 0.525. The second kappa shape index (κ2) is 40.9. The van der Waals surface area contributed by atoms with Crippen molar-refractivity contribution in [1.29, 1.82) is 0 Å². The summed E-state index contributed by atoms with van der Waals surface area (Å²) in [5, 5.41) is 21.0. The van der Waals surface area contributed by atoms with Crippen molar-refractivity contribution >= 4 is 92.6 Å². The van der Waals surface area contributed by atoms with Gasteiger partial charge in [0.15, 0.2) is 0 Å². The molecule has 0 spiro atoms. The number of nitrogens with one attached hydrogen (secondary N) is 5.